The molecule has 1 atom stereocenters. The van der Waals surface area contributed by atoms with Crippen molar-refractivity contribution in [2.75, 3.05) is 5.32 Å². The van der Waals surface area contributed by atoms with Gasteiger partial charge in [-0.15, -0.1) is 5.10 Å². The number of pyridine rings is 1. The Labute approximate surface area is 244 Å². The summed E-state index contributed by atoms with van der Waals surface area (Å²) in [5.74, 6) is 0.605. The molecule has 0 bridgehead atoms. The molecule has 0 fully saturated rings. The molecule has 0 aliphatic carbocycles. The lowest BCUT2D eigenvalue weighted by atomic mass is 10.0. The van der Waals surface area contributed by atoms with Crippen molar-refractivity contribution < 1.29 is 9.90 Å². The predicted octanol–water partition coefficient (Wildman–Crippen LogP) is 5.46. The summed E-state index contributed by atoms with van der Waals surface area (Å²) in [6.07, 6.45) is 4.39. The van der Waals surface area contributed by atoms with Gasteiger partial charge >= 0.3 is 6.09 Å². The maximum absolute atomic E-state index is 13.7. The molecule has 0 spiro atoms. The first kappa shape index (κ1) is 26.7. The van der Waals surface area contributed by atoms with Crippen LogP contribution in [-0.2, 0) is 6.42 Å². The van der Waals surface area contributed by atoms with Crippen molar-refractivity contribution in [2.24, 2.45) is 0 Å². The average Bonchev–Trinajstić information content (AvgIpc) is 3.70. The number of anilines is 1. The largest absolute Gasteiger partial charge is 0.465 e. The molecule has 42 heavy (non-hydrogen) atoms. The summed E-state index contributed by atoms with van der Waals surface area (Å²) in [6.45, 7) is 0. The van der Waals surface area contributed by atoms with E-state index in [1.54, 1.807) is 65.5 Å². The van der Waals surface area contributed by atoms with Crippen molar-refractivity contribution >= 4 is 23.4 Å². The maximum Gasteiger partial charge on any atom is 0.409 e. The number of benzene rings is 3. The lowest BCUT2D eigenvalue weighted by Gasteiger charge is -2.19. The third-order valence-electron chi connectivity index (χ3n) is 6.77. The second-order valence-corrected chi connectivity index (χ2v) is 9.90. The fourth-order valence-electron chi connectivity index (χ4n) is 4.79. The van der Waals surface area contributed by atoms with Gasteiger partial charge in [0.05, 0.1) is 17.4 Å². The predicted molar refractivity (Wildman–Crippen MR) is 158 cm³/mol. The molecule has 0 saturated heterocycles. The number of nitrogens with one attached hydrogen (secondary N) is 2. The van der Waals surface area contributed by atoms with Gasteiger partial charge in [-0.25, -0.2) is 9.78 Å². The minimum Gasteiger partial charge on any atom is -0.465 e. The second-order valence-electron chi connectivity index (χ2n) is 9.46. The molecule has 11 nitrogen and oxygen atoms in total. The Morgan fingerprint density at radius 3 is 2.52 bits per heavy atom. The van der Waals surface area contributed by atoms with Crippen LogP contribution in [0.5, 0.6) is 0 Å². The van der Waals surface area contributed by atoms with Gasteiger partial charge in [-0.3, -0.25) is 10.1 Å². The van der Waals surface area contributed by atoms with Crippen molar-refractivity contribution in [3.8, 4) is 28.1 Å². The molecule has 6 rings (SSSR count). The van der Waals surface area contributed by atoms with E-state index < -0.39 is 12.1 Å². The van der Waals surface area contributed by atoms with Crippen LogP contribution in [0.15, 0.2) is 108 Å². The number of H-pyrrole nitrogens is 1. The van der Waals surface area contributed by atoms with E-state index in [4.69, 9.17) is 21.7 Å². The van der Waals surface area contributed by atoms with E-state index >= 15 is 0 Å². The number of carbonyl (C=O) groups is 1. The Balaban J connectivity index is 1.37. The molecular formula is C30H23ClN8O3. The molecular weight excluding hydrogens is 556 g/mol. The summed E-state index contributed by atoms with van der Waals surface area (Å²) in [5, 5.41) is 23.2. The van der Waals surface area contributed by atoms with Gasteiger partial charge in [-0.05, 0) is 58.0 Å². The highest BCUT2D eigenvalue weighted by Crippen LogP contribution is 2.30. The molecule has 3 aromatic heterocycles. The van der Waals surface area contributed by atoms with E-state index in [1.807, 2.05) is 36.4 Å². The first-order valence-electron chi connectivity index (χ1n) is 12.9. The molecule has 0 aliphatic heterocycles. The summed E-state index contributed by atoms with van der Waals surface area (Å²) in [7, 11) is 0. The molecule has 3 aromatic carbocycles. The normalized spacial score (nSPS) is 11.7. The molecule has 3 N–H and O–H groups in total. The van der Waals surface area contributed by atoms with Crippen molar-refractivity contribution in [3.63, 3.8) is 0 Å². The summed E-state index contributed by atoms with van der Waals surface area (Å²) >= 11 is 6.32. The molecule has 0 radical (unpaired) electrons. The number of aromatic amines is 1. The van der Waals surface area contributed by atoms with Crippen LogP contribution in [0.1, 0.15) is 17.4 Å². The van der Waals surface area contributed by atoms with E-state index in [9.17, 15) is 9.59 Å². The van der Waals surface area contributed by atoms with Crippen LogP contribution < -0.4 is 10.9 Å². The number of hydrogen-bond donors (Lipinski definition) is 3. The zero-order valence-corrected chi connectivity index (χ0v) is 22.7. The zero-order valence-electron chi connectivity index (χ0n) is 21.9. The van der Waals surface area contributed by atoms with Crippen LogP contribution in [0.4, 0.5) is 10.5 Å². The SMILES string of the molecule is O=C(O)Nc1ccc(-c2c[nH]c(C(Cc3ccccc3)n3ccc(-c4cc(Cl)ccc4-n4cnnn4)cc3=O)n2)cc1. The molecule has 12 heteroatoms. The van der Waals surface area contributed by atoms with E-state index in [-0.39, 0.29) is 5.56 Å². The van der Waals surface area contributed by atoms with Gasteiger partial charge in [0.1, 0.15) is 12.2 Å². The van der Waals surface area contributed by atoms with Crippen LogP contribution in [0, 0.1) is 0 Å². The van der Waals surface area contributed by atoms with E-state index in [0.717, 1.165) is 11.1 Å². The summed E-state index contributed by atoms with van der Waals surface area (Å²) in [4.78, 5) is 32.7. The first-order valence-corrected chi connectivity index (χ1v) is 13.3. The standard InChI is InChI=1S/C30H23ClN8O3/c31-22-8-11-26(39-18-33-36-37-39)24(16-22)21-12-13-38(28(40)15-21)27(14-19-4-2-1-3-5-19)29-32-17-25(35-29)20-6-9-23(10-7-20)34-30(41)42/h1-13,15-18,27,34H,14H2,(H,32,35)(H,41,42). The van der Waals surface area contributed by atoms with Crippen molar-refractivity contribution in [1.82, 2.24) is 34.7 Å². The molecule has 208 valence electrons. The fourth-order valence-corrected chi connectivity index (χ4v) is 4.96. The highest BCUT2D eigenvalue weighted by atomic mass is 35.5. The number of hydrogen-bond acceptors (Lipinski definition) is 6. The second kappa shape index (κ2) is 11.5. The number of imidazole rings is 1. The molecule has 0 aliphatic rings. The van der Waals surface area contributed by atoms with Crippen LogP contribution in [0.2, 0.25) is 5.02 Å². The Kier molecular flexibility index (Phi) is 7.31. The third-order valence-corrected chi connectivity index (χ3v) is 7.00. The maximum atomic E-state index is 13.7. The van der Waals surface area contributed by atoms with Gasteiger partial charge in [0.25, 0.3) is 5.56 Å². The summed E-state index contributed by atoms with van der Waals surface area (Å²) in [5.41, 5.74) is 4.79. The quantitative estimate of drug-likeness (QED) is 0.218. The Bertz CT molecular complexity index is 1900. The van der Waals surface area contributed by atoms with Crippen LogP contribution in [0.25, 0.3) is 28.1 Å². The molecule has 1 unspecified atom stereocenters. The van der Waals surface area contributed by atoms with Crippen LogP contribution in [-0.4, -0.2) is 45.9 Å². The minimum absolute atomic E-state index is 0.224. The summed E-state index contributed by atoms with van der Waals surface area (Å²) < 4.78 is 3.17. The van der Waals surface area contributed by atoms with Gasteiger partial charge in [0, 0.05) is 46.7 Å². The van der Waals surface area contributed by atoms with Gasteiger partial charge in [-0.1, -0.05) is 54.1 Å². The highest BCUT2D eigenvalue weighted by Gasteiger charge is 2.21. The number of nitrogens with zero attached hydrogens (tertiary/aromatic N) is 6. The average molecular weight is 579 g/mol. The van der Waals surface area contributed by atoms with Gasteiger partial charge in [0.15, 0.2) is 0 Å². The molecule has 6 aromatic rings. The number of carboxylic acid groups (broad SMARTS) is 1. The van der Waals surface area contributed by atoms with Gasteiger partial charge in [-0.2, -0.15) is 4.68 Å². The lowest BCUT2D eigenvalue weighted by molar-refractivity contribution is 0.209. The van der Waals surface area contributed by atoms with Crippen molar-refractivity contribution in [1.29, 1.82) is 0 Å². The summed E-state index contributed by atoms with van der Waals surface area (Å²) in [6, 6.07) is 25.1. The number of amides is 1. The Morgan fingerprint density at radius 2 is 1.81 bits per heavy atom. The number of halogens is 1. The monoisotopic (exact) mass is 578 g/mol. The van der Waals surface area contributed by atoms with Gasteiger partial charge < -0.3 is 14.7 Å². The van der Waals surface area contributed by atoms with Crippen molar-refractivity contribution in [2.45, 2.75) is 12.5 Å². The first-order chi connectivity index (χ1) is 20.4. The zero-order chi connectivity index (χ0) is 29.1. The lowest BCUT2D eigenvalue weighted by Crippen LogP contribution is -2.27. The smallest absolute Gasteiger partial charge is 0.409 e. The Morgan fingerprint density at radius 1 is 1.00 bits per heavy atom. The minimum atomic E-state index is -1.13. The van der Waals surface area contributed by atoms with Crippen LogP contribution >= 0.6 is 11.6 Å². The van der Waals surface area contributed by atoms with E-state index in [0.29, 0.717) is 45.5 Å². The number of tetrazole rings is 1. The number of rotatable bonds is 8. The van der Waals surface area contributed by atoms with E-state index in [1.165, 1.54) is 11.0 Å². The molecule has 1 amide bonds. The third kappa shape index (κ3) is 5.67. The molecule has 3 heterocycles. The highest BCUT2D eigenvalue weighted by molar-refractivity contribution is 6.31. The fraction of sp³-hybridized carbons (Fsp3) is 0.0667. The molecule has 0 saturated carbocycles. The van der Waals surface area contributed by atoms with Crippen LogP contribution in [0.3, 0.4) is 0 Å². The van der Waals surface area contributed by atoms with Gasteiger partial charge in [0.2, 0.25) is 0 Å². The number of aromatic nitrogens is 7. The topological polar surface area (TPSA) is 144 Å². The Hall–Kier alpha value is -5.55. The van der Waals surface area contributed by atoms with E-state index in [2.05, 4.69) is 25.8 Å². The van der Waals surface area contributed by atoms with Crippen molar-refractivity contribution in [3.05, 3.63) is 130 Å².